The Morgan fingerprint density at radius 2 is 2.00 bits per heavy atom. The van der Waals surface area contributed by atoms with E-state index in [0.717, 1.165) is 12.5 Å². The molecule has 2 fully saturated rings. The van der Waals surface area contributed by atoms with Gasteiger partial charge >= 0.3 is 0 Å². The Kier molecular flexibility index (Phi) is 3.36. The maximum Gasteiger partial charge on any atom is 0.0569 e. The van der Waals surface area contributed by atoms with Crippen LogP contribution in [0.25, 0.3) is 0 Å². The Labute approximate surface area is 129 Å². The lowest BCUT2D eigenvalue weighted by atomic mass is 10.1. The van der Waals surface area contributed by atoms with E-state index in [-0.39, 0.29) is 0 Å². The fourth-order valence-corrected chi connectivity index (χ4v) is 4.26. The molecule has 0 bridgehead atoms. The third-order valence-electron chi connectivity index (χ3n) is 4.46. The largest absolute Gasteiger partial charge is 0.363 e. The number of piperidine rings is 1. The summed E-state index contributed by atoms with van der Waals surface area (Å²) in [6.45, 7) is 0.739. The molecule has 1 aromatic heterocycles. The lowest BCUT2D eigenvalue weighted by Gasteiger charge is -2.28. The van der Waals surface area contributed by atoms with Crippen LogP contribution in [-0.4, -0.2) is 23.6 Å². The number of hydrogen-bond acceptors (Lipinski definition) is 4. The summed E-state index contributed by atoms with van der Waals surface area (Å²) >= 11 is 1.76. The first-order valence-corrected chi connectivity index (χ1v) is 8.33. The second-order valence-electron chi connectivity index (χ2n) is 5.89. The zero-order valence-corrected chi connectivity index (χ0v) is 12.7. The van der Waals surface area contributed by atoms with Crippen molar-refractivity contribution < 1.29 is 0 Å². The Morgan fingerprint density at radius 3 is 2.81 bits per heavy atom. The third-order valence-corrected chi connectivity index (χ3v) is 5.43. The summed E-state index contributed by atoms with van der Waals surface area (Å²) in [6.07, 6.45) is 6.50. The van der Waals surface area contributed by atoms with Crippen LogP contribution in [0.4, 0.5) is 5.69 Å². The molecule has 0 radical (unpaired) electrons. The van der Waals surface area contributed by atoms with Gasteiger partial charge in [-0.05, 0) is 37.0 Å². The third kappa shape index (κ3) is 2.54. The first-order valence-electron chi connectivity index (χ1n) is 7.51. The first-order chi connectivity index (χ1) is 10.3. The zero-order chi connectivity index (χ0) is 14.2. The summed E-state index contributed by atoms with van der Waals surface area (Å²) < 4.78 is 0. The molecule has 1 saturated carbocycles. The van der Waals surface area contributed by atoms with Crippen LogP contribution >= 0.6 is 11.8 Å². The van der Waals surface area contributed by atoms with E-state index in [9.17, 15) is 0 Å². The normalized spacial score (nSPS) is 26.7. The molecule has 0 amide bonds. The van der Waals surface area contributed by atoms with Gasteiger partial charge in [0.05, 0.1) is 11.9 Å². The minimum atomic E-state index is 0.493. The van der Waals surface area contributed by atoms with Crippen LogP contribution in [0.2, 0.25) is 0 Å². The van der Waals surface area contributed by atoms with Crippen LogP contribution in [0, 0.1) is 5.92 Å². The van der Waals surface area contributed by atoms with Crippen LogP contribution in [0.15, 0.2) is 58.6 Å². The Bertz CT molecular complexity index is 631. The molecule has 2 aliphatic rings. The molecule has 0 spiro atoms. The van der Waals surface area contributed by atoms with Crippen LogP contribution in [0.5, 0.6) is 0 Å². The Hall–Kier alpha value is -1.52. The molecule has 2 N–H and O–H groups in total. The highest BCUT2D eigenvalue weighted by Gasteiger charge is 2.51. The van der Waals surface area contributed by atoms with E-state index >= 15 is 0 Å². The average Bonchev–Trinajstić information content (AvgIpc) is 3.19. The molecular formula is C17H19N3S. The second-order valence-corrected chi connectivity index (χ2v) is 7.04. The van der Waals surface area contributed by atoms with Gasteiger partial charge in [0.25, 0.3) is 0 Å². The number of nitrogens with two attached hydrogens (primary N) is 1. The minimum Gasteiger partial charge on any atom is -0.363 e. The number of rotatable bonds is 4. The number of hydrogen-bond donors (Lipinski definition) is 1. The van der Waals surface area contributed by atoms with E-state index in [4.69, 9.17) is 5.73 Å². The molecule has 1 aliphatic heterocycles. The van der Waals surface area contributed by atoms with Crippen LogP contribution in [0.3, 0.4) is 0 Å². The average molecular weight is 297 g/mol. The fourth-order valence-electron chi connectivity index (χ4n) is 3.40. The van der Waals surface area contributed by atoms with Crippen molar-refractivity contribution in [3.8, 4) is 0 Å². The molecule has 2 heterocycles. The molecule has 1 aliphatic carbocycles. The van der Waals surface area contributed by atoms with Gasteiger partial charge in [-0.3, -0.25) is 4.98 Å². The van der Waals surface area contributed by atoms with Crippen molar-refractivity contribution in [1.82, 2.24) is 4.98 Å². The highest BCUT2D eigenvalue weighted by atomic mass is 32.2. The van der Waals surface area contributed by atoms with Gasteiger partial charge in [0.2, 0.25) is 0 Å². The molecule has 3 atom stereocenters. The highest BCUT2D eigenvalue weighted by Crippen LogP contribution is 2.49. The van der Waals surface area contributed by atoms with E-state index < -0.39 is 0 Å². The smallest absolute Gasteiger partial charge is 0.0569 e. The Morgan fingerprint density at radius 1 is 1.14 bits per heavy atom. The summed E-state index contributed by atoms with van der Waals surface area (Å²) in [6, 6.07) is 13.9. The predicted octanol–water partition coefficient (Wildman–Crippen LogP) is 3.16. The fraction of sp³-hybridized carbons (Fsp3) is 0.353. The molecule has 3 nitrogen and oxygen atoms in total. The predicted molar refractivity (Wildman–Crippen MR) is 86.6 cm³/mol. The van der Waals surface area contributed by atoms with Crippen LogP contribution in [-0.2, 0) is 0 Å². The molecule has 108 valence electrons. The van der Waals surface area contributed by atoms with Crippen molar-refractivity contribution >= 4 is 17.4 Å². The SMILES string of the molecule is NCC1CC2CC2N1c1cncc(Sc2ccccc2)c1. The first kappa shape index (κ1) is 13.2. The summed E-state index contributed by atoms with van der Waals surface area (Å²) in [7, 11) is 0. The highest BCUT2D eigenvalue weighted by molar-refractivity contribution is 7.99. The monoisotopic (exact) mass is 297 g/mol. The van der Waals surface area contributed by atoms with Gasteiger partial charge in [0, 0.05) is 34.6 Å². The van der Waals surface area contributed by atoms with Crippen LogP contribution in [0.1, 0.15) is 12.8 Å². The Balaban J connectivity index is 1.58. The van der Waals surface area contributed by atoms with Gasteiger partial charge in [-0.1, -0.05) is 30.0 Å². The molecule has 1 saturated heterocycles. The van der Waals surface area contributed by atoms with Gasteiger partial charge < -0.3 is 10.6 Å². The van der Waals surface area contributed by atoms with Crippen molar-refractivity contribution in [2.75, 3.05) is 11.4 Å². The molecule has 3 unspecified atom stereocenters. The molecule has 21 heavy (non-hydrogen) atoms. The summed E-state index contributed by atoms with van der Waals surface area (Å²) in [5.74, 6) is 0.865. The number of pyridine rings is 1. The molecule has 4 heteroatoms. The topological polar surface area (TPSA) is 42.1 Å². The van der Waals surface area contributed by atoms with Crippen molar-refractivity contribution in [3.05, 3.63) is 48.8 Å². The van der Waals surface area contributed by atoms with E-state index in [2.05, 4.69) is 40.2 Å². The van der Waals surface area contributed by atoms with Gasteiger partial charge in [-0.25, -0.2) is 0 Å². The van der Waals surface area contributed by atoms with Gasteiger partial charge in [0.15, 0.2) is 0 Å². The maximum absolute atomic E-state index is 5.94. The van der Waals surface area contributed by atoms with Gasteiger partial charge in [-0.15, -0.1) is 0 Å². The number of fused-ring (bicyclic) bond motifs is 1. The number of benzene rings is 1. The standard InChI is InChI=1S/C17H19N3S/c18-9-13-6-12-7-17(12)20(13)14-8-16(11-19-10-14)21-15-4-2-1-3-5-15/h1-5,8,10-13,17H,6-7,9,18H2. The lowest BCUT2D eigenvalue weighted by molar-refractivity contribution is 0.605. The van der Waals surface area contributed by atoms with Crippen LogP contribution < -0.4 is 10.6 Å². The van der Waals surface area contributed by atoms with E-state index in [0.29, 0.717) is 12.1 Å². The molecule has 4 rings (SSSR count). The van der Waals surface area contributed by atoms with Crippen molar-refractivity contribution in [1.29, 1.82) is 0 Å². The summed E-state index contributed by atoms with van der Waals surface area (Å²) in [4.78, 5) is 9.39. The summed E-state index contributed by atoms with van der Waals surface area (Å²) in [5, 5.41) is 0. The molecular weight excluding hydrogens is 278 g/mol. The number of nitrogens with zero attached hydrogens (tertiary/aromatic N) is 2. The van der Waals surface area contributed by atoms with Crippen molar-refractivity contribution in [2.24, 2.45) is 11.7 Å². The minimum absolute atomic E-state index is 0.493. The number of anilines is 1. The molecule has 1 aromatic carbocycles. The second kappa shape index (κ2) is 5.35. The van der Waals surface area contributed by atoms with Crippen molar-refractivity contribution in [2.45, 2.75) is 34.7 Å². The van der Waals surface area contributed by atoms with E-state index in [1.54, 1.807) is 11.8 Å². The van der Waals surface area contributed by atoms with E-state index in [1.165, 1.54) is 28.3 Å². The maximum atomic E-state index is 5.94. The summed E-state index contributed by atoms with van der Waals surface area (Å²) in [5.41, 5.74) is 7.17. The zero-order valence-electron chi connectivity index (χ0n) is 11.9. The van der Waals surface area contributed by atoms with Crippen molar-refractivity contribution in [3.63, 3.8) is 0 Å². The quantitative estimate of drug-likeness (QED) is 0.941. The number of aromatic nitrogens is 1. The molecule has 2 aromatic rings. The lowest BCUT2D eigenvalue weighted by Crippen LogP contribution is -2.38. The van der Waals surface area contributed by atoms with Gasteiger partial charge in [0.1, 0.15) is 0 Å². The van der Waals surface area contributed by atoms with Gasteiger partial charge in [-0.2, -0.15) is 0 Å². The van der Waals surface area contributed by atoms with E-state index in [1.807, 2.05) is 18.5 Å².